The molecule has 0 spiro atoms. The Hall–Kier alpha value is -2.53. The maximum absolute atomic E-state index is 12.4. The highest BCUT2D eigenvalue weighted by Gasteiger charge is 2.13. The van der Waals surface area contributed by atoms with Gasteiger partial charge in [0.05, 0.1) is 22.6 Å². The Balaban J connectivity index is 1.60. The van der Waals surface area contributed by atoms with E-state index in [2.05, 4.69) is 4.98 Å². The molecule has 0 fully saturated rings. The molecule has 2 aromatic heterocycles. The molecule has 3 rings (SSSR count). The molecule has 1 aromatic carbocycles. The summed E-state index contributed by atoms with van der Waals surface area (Å²) in [6.45, 7) is 2.08. The lowest BCUT2D eigenvalue weighted by Crippen LogP contribution is -2.09. The van der Waals surface area contributed by atoms with Crippen LogP contribution < -0.4 is 0 Å². The number of hydrogen-bond acceptors (Lipinski definition) is 5. The minimum atomic E-state index is -0.375. The van der Waals surface area contributed by atoms with Gasteiger partial charge in [0.1, 0.15) is 0 Å². The van der Waals surface area contributed by atoms with Crippen LogP contribution in [0.25, 0.3) is 10.9 Å². The number of hydrogen-bond donors (Lipinski definition) is 0. The number of Topliss-reactive ketones (excluding diaryl/α,β-unsaturated/α-hetero) is 1. The van der Waals surface area contributed by atoms with Gasteiger partial charge in [-0.15, -0.1) is 11.3 Å². The molecule has 122 valence electrons. The highest BCUT2D eigenvalue weighted by molar-refractivity contribution is 7.12. The van der Waals surface area contributed by atoms with Crippen molar-refractivity contribution in [2.45, 2.75) is 19.8 Å². The summed E-state index contributed by atoms with van der Waals surface area (Å²) in [5, 5.41) is 2.66. The number of aryl methyl sites for hydroxylation is 1. The number of carbonyl (C=O) groups excluding carboxylic acids is 2. The maximum Gasteiger partial charge on any atom is 0.338 e. The maximum atomic E-state index is 12.4. The van der Waals surface area contributed by atoms with Crippen LogP contribution in [-0.2, 0) is 4.74 Å². The van der Waals surface area contributed by atoms with E-state index < -0.39 is 0 Å². The minimum absolute atomic E-state index is 0.0891. The summed E-state index contributed by atoms with van der Waals surface area (Å²) >= 11 is 1.43. The molecule has 0 saturated heterocycles. The predicted octanol–water partition coefficient (Wildman–Crippen LogP) is 4.42. The molecule has 0 unspecified atom stereocenters. The van der Waals surface area contributed by atoms with Crippen LogP contribution in [0, 0.1) is 6.92 Å². The largest absolute Gasteiger partial charge is 0.462 e. The van der Waals surface area contributed by atoms with Crippen LogP contribution in [0.1, 0.15) is 38.6 Å². The van der Waals surface area contributed by atoms with Crippen molar-refractivity contribution in [1.82, 2.24) is 4.98 Å². The summed E-state index contributed by atoms with van der Waals surface area (Å²) in [5.41, 5.74) is 2.06. The first kappa shape index (κ1) is 16.3. The molecule has 5 heteroatoms. The van der Waals surface area contributed by atoms with Crippen molar-refractivity contribution >= 4 is 34.0 Å². The van der Waals surface area contributed by atoms with E-state index in [1.165, 1.54) is 11.3 Å². The minimum Gasteiger partial charge on any atom is -0.462 e. The second kappa shape index (κ2) is 7.36. The number of ether oxygens (including phenoxy) is 1. The fourth-order valence-corrected chi connectivity index (χ4v) is 3.21. The zero-order valence-corrected chi connectivity index (χ0v) is 14.1. The Morgan fingerprint density at radius 2 is 2.00 bits per heavy atom. The van der Waals surface area contributed by atoms with Gasteiger partial charge in [0.2, 0.25) is 0 Å². The quantitative estimate of drug-likeness (QED) is 0.379. The zero-order chi connectivity index (χ0) is 16.9. The molecule has 2 heterocycles. The zero-order valence-electron chi connectivity index (χ0n) is 13.3. The van der Waals surface area contributed by atoms with Gasteiger partial charge in [0, 0.05) is 17.5 Å². The lowest BCUT2D eigenvalue weighted by Gasteiger charge is -2.08. The van der Waals surface area contributed by atoms with Crippen molar-refractivity contribution in [3.05, 3.63) is 64.0 Å². The van der Waals surface area contributed by atoms with Crippen molar-refractivity contribution in [3.63, 3.8) is 0 Å². The van der Waals surface area contributed by atoms with Crippen LogP contribution in [0.2, 0.25) is 0 Å². The number of ketones is 1. The molecule has 0 saturated carbocycles. The summed E-state index contributed by atoms with van der Waals surface area (Å²) in [4.78, 5) is 29.4. The lowest BCUT2D eigenvalue weighted by molar-refractivity contribution is 0.0496. The van der Waals surface area contributed by atoms with Crippen molar-refractivity contribution in [2.24, 2.45) is 0 Å². The first-order valence-electron chi connectivity index (χ1n) is 7.75. The molecule has 4 nitrogen and oxygen atoms in total. The number of thiophene rings is 1. The lowest BCUT2D eigenvalue weighted by atomic mass is 10.1. The van der Waals surface area contributed by atoms with E-state index in [4.69, 9.17) is 4.74 Å². The highest BCUT2D eigenvalue weighted by Crippen LogP contribution is 2.19. The van der Waals surface area contributed by atoms with Crippen LogP contribution in [0.15, 0.2) is 47.8 Å². The average molecular weight is 339 g/mol. The predicted molar refractivity (Wildman–Crippen MR) is 94.6 cm³/mol. The van der Waals surface area contributed by atoms with Gasteiger partial charge in [0.25, 0.3) is 0 Å². The molecule has 0 N–H and O–H groups in total. The number of para-hydroxylation sites is 1. The number of rotatable bonds is 6. The Morgan fingerprint density at radius 3 is 2.79 bits per heavy atom. The van der Waals surface area contributed by atoms with E-state index in [1.807, 2.05) is 48.7 Å². The van der Waals surface area contributed by atoms with Gasteiger partial charge in [-0.2, -0.15) is 0 Å². The van der Waals surface area contributed by atoms with Gasteiger partial charge in [0.15, 0.2) is 5.78 Å². The van der Waals surface area contributed by atoms with Gasteiger partial charge in [-0.3, -0.25) is 9.78 Å². The van der Waals surface area contributed by atoms with Crippen LogP contribution in [0.5, 0.6) is 0 Å². The summed E-state index contributed by atoms with van der Waals surface area (Å²) in [7, 11) is 0. The third-order valence-corrected chi connectivity index (χ3v) is 4.55. The Kier molecular flexibility index (Phi) is 5.01. The van der Waals surface area contributed by atoms with Gasteiger partial charge < -0.3 is 4.74 Å². The van der Waals surface area contributed by atoms with Gasteiger partial charge in [-0.1, -0.05) is 24.3 Å². The number of pyridine rings is 1. The molecular weight excluding hydrogens is 322 g/mol. The fraction of sp³-hybridized carbons (Fsp3) is 0.211. The number of esters is 1. The summed E-state index contributed by atoms with van der Waals surface area (Å²) in [6.07, 6.45) is 0.897. The third-order valence-electron chi connectivity index (χ3n) is 3.64. The van der Waals surface area contributed by atoms with Crippen molar-refractivity contribution in [2.75, 3.05) is 6.61 Å². The molecule has 0 radical (unpaired) electrons. The third kappa shape index (κ3) is 3.68. The van der Waals surface area contributed by atoms with E-state index in [1.54, 1.807) is 6.07 Å². The SMILES string of the molecule is Cc1cc(C(=O)OCCCC(=O)c2cccs2)c2ccccc2n1. The Labute approximate surface area is 144 Å². The average Bonchev–Trinajstić information content (AvgIpc) is 3.12. The van der Waals surface area contributed by atoms with Crippen LogP contribution in [-0.4, -0.2) is 23.3 Å². The first-order valence-corrected chi connectivity index (χ1v) is 8.63. The summed E-state index contributed by atoms with van der Waals surface area (Å²) in [5.74, 6) is -0.286. The van der Waals surface area contributed by atoms with E-state index in [9.17, 15) is 9.59 Å². The number of aromatic nitrogens is 1. The second-order valence-corrected chi connectivity index (χ2v) is 6.42. The van der Waals surface area contributed by atoms with Crippen LogP contribution >= 0.6 is 11.3 Å². The van der Waals surface area contributed by atoms with Crippen molar-refractivity contribution in [1.29, 1.82) is 0 Å². The number of nitrogens with zero attached hydrogens (tertiary/aromatic N) is 1. The van der Waals surface area contributed by atoms with E-state index in [0.29, 0.717) is 18.4 Å². The first-order chi connectivity index (χ1) is 11.6. The van der Waals surface area contributed by atoms with E-state index in [0.717, 1.165) is 21.5 Å². The van der Waals surface area contributed by atoms with Crippen LogP contribution in [0.3, 0.4) is 0 Å². The van der Waals surface area contributed by atoms with E-state index in [-0.39, 0.29) is 18.4 Å². The molecule has 0 aliphatic rings. The topological polar surface area (TPSA) is 56.3 Å². The molecule has 0 aliphatic carbocycles. The molecule has 24 heavy (non-hydrogen) atoms. The highest BCUT2D eigenvalue weighted by atomic mass is 32.1. The van der Waals surface area contributed by atoms with E-state index >= 15 is 0 Å². The molecule has 0 aliphatic heterocycles. The van der Waals surface area contributed by atoms with Gasteiger partial charge in [-0.05, 0) is 36.9 Å². The number of benzene rings is 1. The Bertz CT molecular complexity index is 871. The monoisotopic (exact) mass is 339 g/mol. The van der Waals surface area contributed by atoms with Gasteiger partial charge in [-0.25, -0.2) is 4.79 Å². The summed E-state index contributed by atoms with van der Waals surface area (Å²) in [6, 6.07) is 12.9. The molecule has 3 aromatic rings. The standard InChI is InChI=1S/C19H17NO3S/c1-13-12-15(14-6-2-3-7-16(14)20-13)19(22)23-10-4-8-17(21)18-9-5-11-24-18/h2-3,5-7,9,11-12H,4,8,10H2,1H3. The van der Waals surface area contributed by atoms with Crippen LogP contribution in [0.4, 0.5) is 0 Å². The normalized spacial score (nSPS) is 10.7. The smallest absolute Gasteiger partial charge is 0.338 e. The molecule has 0 atom stereocenters. The van der Waals surface area contributed by atoms with Gasteiger partial charge >= 0.3 is 5.97 Å². The number of carbonyl (C=O) groups is 2. The van der Waals surface area contributed by atoms with Crippen molar-refractivity contribution in [3.8, 4) is 0 Å². The second-order valence-electron chi connectivity index (χ2n) is 5.47. The van der Waals surface area contributed by atoms with Crippen molar-refractivity contribution < 1.29 is 14.3 Å². The molecule has 0 bridgehead atoms. The molecule has 0 amide bonds. The number of fused-ring (bicyclic) bond motifs is 1. The summed E-state index contributed by atoms with van der Waals surface area (Å²) < 4.78 is 5.34. The fourth-order valence-electron chi connectivity index (χ4n) is 2.51. The molecular formula is C19H17NO3S. The Morgan fingerprint density at radius 1 is 1.17 bits per heavy atom.